The maximum Gasteiger partial charge on any atom is 0.225 e. The van der Waals surface area contributed by atoms with Crippen LogP contribution in [0.5, 0.6) is 5.75 Å². The molecule has 2 aromatic carbocycles. The summed E-state index contributed by atoms with van der Waals surface area (Å²) >= 11 is 0. The number of nitrogens with one attached hydrogen (secondary N) is 1. The Balaban J connectivity index is 1.87. The molecule has 4 heteroatoms. The van der Waals surface area contributed by atoms with Crippen molar-refractivity contribution < 1.29 is 9.90 Å². The Bertz CT molecular complexity index is 991. The SMILES string of the molecule is Cn1c(C(=O)c2cc3ccccc3[nH]2)cc2cc(O)ccc21. The third kappa shape index (κ3) is 1.81. The lowest BCUT2D eigenvalue weighted by atomic mass is 10.2. The summed E-state index contributed by atoms with van der Waals surface area (Å²) < 4.78 is 1.85. The van der Waals surface area contributed by atoms with Gasteiger partial charge in [-0.05, 0) is 36.4 Å². The van der Waals surface area contributed by atoms with Crippen LogP contribution < -0.4 is 0 Å². The van der Waals surface area contributed by atoms with Crippen LogP contribution in [0.1, 0.15) is 16.2 Å². The van der Waals surface area contributed by atoms with E-state index in [0.29, 0.717) is 11.4 Å². The normalized spacial score (nSPS) is 11.3. The third-order valence-electron chi connectivity index (χ3n) is 4.03. The highest BCUT2D eigenvalue weighted by Crippen LogP contribution is 2.25. The molecule has 0 bridgehead atoms. The Hall–Kier alpha value is -3.01. The number of hydrogen-bond donors (Lipinski definition) is 2. The molecule has 0 aliphatic carbocycles. The topological polar surface area (TPSA) is 58.0 Å². The van der Waals surface area contributed by atoms with Crippen molar-refractivity contribution in [2.24, 2.45) is 7.05 Å². The van der Waals surface area contributed by atoms with Gasteiger partial charge in [-0.2, -0.15) is 0 Å². The summed E-state index contributed by atoms with van der Waals surface area (Å²) in [5.74, 6) is 0.136. The molecule has 0 atom stereocenters. The van der Waals surface area contributed by atoms with Gasteiger partial charge in [-0.25, -0.2) is 0 Å². The average Bonchev–Trinajstić information content (AvgIpc) is 3.08. The molecule has 0 saturated carbocycles. The fourth-order valence-corrected chi connectivity index (χ4v) is 2.89. The average molecular weight is 290 g/mol. The molecule has 0 saturated heterocycles. The second-order valence-corrected chi connectivity index (χ2v) is 5.43. The highest BCUT2D eigenvalue weighted by Gasteiger charge is 2.17. The highest BCUT2D eigenvalue weighted by molar-refractivity contribution is 6.11. The number of nitrogens with zero attached hydrogens (tertiary/aromatic N) is 1. The smallest absolute Gasteiger partial charge is 0.225 e. The van der Waals surface area contributed by atoms with Crippen LogP contribution in [0.15, 0.2) is 54.6 Å². The quantitative estimate of drug-likeness (QED) is 0.554. The lowest BCUT2D eigenvalue weighted by Crippen LogP contribution is -2.07. The van der Waals surface area contributed by atoms with Crippen molar-refractivity contribution in [3.05, 3.63) is 66.0 Å². The van der Waals surface area contributed by atoms with Crippen LogP contribution in [-0.2, 0) is 7.05 Å². The van der Waals surface area contributed by atoms with E-state index in [-0.39, 0.29) is 11.5 Å². The third-order valence-corrected chi connectivity index (χ3v) is 4.03. The molecule has 4 nitrogen and oxygen atoms in total. The fraction of sp³-hybridized carbons (Fsp3) is 0.0556. The molecule has 2 heterocycles. The molecule has 2 aromatic heterocycles. The number of para-hydroxylation sites is 1. The number of aromatic hydroxyl groups is 1. The molecule has 4 rings (SSSR count). The number of fused-ring (bicyclic) bond motifs is 2. The van der Waals surface area contributed by atoms with Crippen LogP contribution in [0.2, 0.25) is 0 Å². The van der Waals surface area contributed by atoms with Gasteiger partial charge >= 0.3 is 0 Å². The summed E-state index contributed by atoms with van der Waals surface area (Å²) in [6.07, 6.45) is 0. The fourth-order valence-electron chi connectivity index (χ4n) is 2.89. The zero-order valence-electron chi connectivity index (χ0n) is 12.0. The Morgan fingerprint density at radius 3 is 2.68 bits per heavy atom. The standard InChI is InChI=1S/C18H14N2O2/c1-20-16-7-6-13(21)8-12(16)10-17(20)18(22)15-9-11-4-2-3-5-14(11)19-15/h2-10,19,21H,1H3. The zero-order chi connectivity index (χ0) is 15.3. The van der Waals surface area contributed by atoms with Crippen LogP contribution in [0, 0.1) is 0 Å². The monoisotopic (exact) mass is 290 g/mol. The van der Waals surface area contributed by atoms with Gasteiger partial charge in [0.15, 0.2) is 0 Å². The van der Waals surface area contributed by atoms with E-state index in [2.05, 4.69) is 4.98 Å². The van der Waals surface area contributed by atoms with Crippen LogP contribution in [0.3, 0.4) is 0 Å². The van der Waals surface area contributed by atoms with E-state index in [4.69, 9.17) is 0 Å². The van der Waals surface area contributed by atoms with E-state index < -0.39 is 0 Å². The molecule has 0 spiro atoms. The van der Waals surface area contributed by atoms with E-state index >= 15 is 0 Å². The highest BCUT2D eigenvalue weighted by atomic mass is 16.3. The van der Waals surface area contributed by atoms with Crippen molar-refractivity contribution in [2.75, 3.05) is 0 Å². The van der Waals surface area contributed by atoms with Gasteiger partial charge in [0.05, 0.1) is 11.4 Å². The number of aromatic nitrogens is 2. The molecule has 4 aromatic rings. The number of aryl methyl sites for hydroxylation is 1. The van der Waals surface area contributed by atoms with E-state index in [0.717, 1.165) is 21.8 Å². The van der Waals surface area contributed by atoms with Crippen molar-refractivity contribution in [2.45, 2.75) is 0 Å². The minimum Gasteiger partial charge on any atom is -0.508 e. The molecule has 108 valence electrons. The van der Waals surface area contributed by atoms with Gasteiger partial charge in [0, 0.05) is 28.9 Å². The number of carbonyl (C=O) groups excluding carboxylic acids is 1. The second-order valence-electron chi connectivity index (χ2n) is 5.43. The Labute approximate surface area is 126 Å². The maximum absolute atomic E-state index is 12.8. The summed E-state index contributed by atoms with van der Waals surface area (Å²) in [6, 6.07) is 16.6. The Morgan fingerprint density at radius 2 is 1.86 bits per heavy atom. The number of aromatic amines is 1. The number of hydrogen-bond acceptors (Lipinski definition) is 2. The van der Waals surface area contributed by atoms with Crippen LogP contribution in [-0.4, -0.2) is 20.4 Å². The first-order valence-electron chi connectivity index (χ1n) is 7.04. The number of H-pyrrole nitrogens is 1. The second kappa shape index (κ2) is 4.49. The summed E-state index contributed by atoms with van der Waals surface area (Å²) in [6.45, 7) is 0. The van der Waals surface area contributed by atoms with Crippen LogP contribution in [0.4, 0.5) is 0 Å². The van der Waals surface area contributed by atoms with Gasteiger partial charge in [0.25, 0.3) is 0 Å². The van der Waals surface area contributed by atoms with Crippen molar-refractivity contribution in [1.29, 1.82) is 0 Å². The molecule has 0 radical (unpaired) electrons. The van der Waals surface area contributed by atoms with Gasteiger partial charge in [0.2, 0.25) is 5.78 Å². The first kappa shape index (κ1) is 12.7. The Kier molecular flexibility index (Phi) is 2.60. The van der Waals surface area contributed by atoms with Gasteiger partial charge in [-0.1, -0.05) is 18.2 Å². The van der Waals surface area contributed by atoms with Gasteiger partial charge in [-0.3, -0.25) is 4.79 Å². The van der Waals surface area contributed by atoms with Crippen LogP contribution in [0.25, 0.3) is 21.8 Å². The van der Waals surface area contributed by atoms with Crippen molar-refractivity contribution in [3.8, 4) is 5.75 Å². The largest absolute Gasteiger partial charge is 0.508 e. The van der Waals surface area contributed by atoms with Crippen molar-refractivity contribution >= 4 is 27.6 Å². The molecular formula is C18H14N2O2. The lowest BCUT2D eigenvalue weighted by molar-refractivity contribution is 0.102. The van der Waals surface area contributed by atoms with E-state index in [1.165, 1.54) is 0 Å². The zero-order valence-corrected chi connectivity index (χ0v) is 12.0. The predicted molar refractivity (Wildman–Crippen MR) is 86.3 cm³/mol. The van der Waals surface area contributed by atoms with E-state index in [1.807, 2.05) is 54.1 Å². The summed E-state index contributed by atoms with van der Waals surface area (Å²) in [5.41, 5.74) is 3.02. The summed E-state index contributed by atoms with van der Waals surface area (Å²) in [5, 5.41) is 11.4. The van der Waals surface area contributed by atoms with E-state index in [9.17, 15) is 9.90 Å². The summed E-state index contributed by atoms with van der Waals surface area (Å²) in [4.78, 5) is 15.9. The van der Waals surface area contributed by atoms with Crippen molar-refractivity contribution in [3.63, 3.8) is 0 Å². The number of phenolic OH excluding ortho intramolecular Hbond substituents is 1. The molecule has 0 amide bonds. The first-order valence-corrected chi connectivity index (χ1v) is 7.04. The molecule has 0 aliphatic heterocycles. The van der Waals surface area contributed by atoms with Gasteiger partial charge in [0.1, 0.15) is 5.75 Å². The minimum absolute atomic E-state index is 0.0608. The van der Waals surface area contributed by atoms with Crippen molar-refractivity contribution in [1.82, 2.24) is 9.55 Å². The molecule has 22 heavy (non-hydrogen) atoms. The number of benzene rings is 2. The molecule has 0 aliphatic rings. The summed E-state index contributed by atoms with van der Waals surface area (Å²) in [7, 11) is 1.86. The molecule has 0 unspecified atom stereocenters. The number of rotatable bonds is 2. The van der Waals surface area contributed by atoms with Gasteiger partial charge in [-0.15, -0.1) is 0 Å². The number of carbonyl (C=O) groups is 1. The first-order chi connectivity index (χ1) is 10.6. The maximum atomic E-state index is 12.8. The minimum atomic E-state index is -0.0608. The lowest BCUT2D eigenvalue weighted by Gasteiger charge is -2.02. The van der Waals surface area contributed by atoms with Gasteiger partial charge < -0.3 is 14.7 Å². The van der Waals surface area contributed by atoms with E-state index in [1.54, 1.807) is 12.1 Å². The predicted octanol–water partition coefficient (Wildman–Crippen LogP) is 3.60. The Morgan fingerprint density at radius 1 is 1.05 bits per heavy atom. The number of ketones is 1. The molecular weight excluding hydrogens is 276 g/mol. The number of phenols is 1. The molecule has 2 N–H and O–H groups in total. The van der Waals surface area contributed by atoms with Crippen LogP contribution >= 0.6 is 0 Å². The molecule has 0 fully saturated rings.